The minimum Gasteiger partial charge on any atom is -0.281 e. The SMILES string of the molecule is NP(N)(=O)Nc1nc(Cl)nc(NP(N)(N)=O)n1. The molecule has 14 heteroatoms. The molecule has 0 saturated heterocycles. The van der Waals surface area contributed by atoms with Crippen LogP contribution in [0, 0.1) is 0 Å². The number of aromatic nitrogens is 3. The van der Waals surface area contributed by atoms with Gasteiger partial charge in [0.15, 0.2) is 0 Å². The summed E-state index contributed by atoms with van der Waals surface area (Å²) in [6.07, 6.45) is 0. The predicted octanol–water partition coefficient (Wildman–Crippen LogP) is -0.600. The number of rotatable bonds is 4. The van der Waals surface area contributed by atoms with Crippen LogP contribution in [0.15, 0.2) is 0 Å². The number of nitrogens with one attached hydrogen (secondary N) is 2. The van der Waals surface area contributed by atoms with Gasteiger partial charge in [-0.05, 0) is 11.6 Å². The summed E-state index contributed by atoms with van der Waals surface area (Å²) in [4.78, 5) is 10.7. The van der Waals surface area contributed by atoms with Crippen LogP contribution in [-0.2, 0) is 9.13 Å². The highest BCUT2D eigenvalue weighted by Crippen LogP contribution is 2.28. The summed E-state index contributed by atoms with van der Waals surface area (Å²) in [7, 11) is -7.20. The first-order chi connectivity index (χ1) is 7.55. The van der Waals surface area contributed by atoms with Gasteiger partial charge in [0.1, 0.15) is 0 Å². The zero-order chi connectivity index (χ0) is 13.3. The number of anilines is 2. The van der Waals surface area contributed by atoms with Crippen molar-refractivity contribution in [3.05, 3.63) is 5.28 Å². The molecule has 0 aromatic carbocycles. The van der Waals surface area contributed by atoms with Crippen molar-refractivity contribution in [1.29, 1.82) is 0 Å². The molecule has 0 aliphatic carbocycles. The van der Waals surface area contributed by atoms with Gasteiger partial charge < -0.3 is 0 Å². The van der Waals surface area contributed by atoms with E-state index < -0.39 is 15.2 Å². The van der Waals surface area contributed by atoms with Crippen molar-refractivity contribution in [1.82, 2.24) is 15.0 Å². The van der Waals surface area contributed by atoms with Gasteiger partial charge in [-0.1, -0.05) is 0 Å². The maximum Gasteiger partial charge on any atom is 0.300 e. The molecule has 11 nitrogen and oxygen atoms in total. The third kappa shape index (κ3) is 5.89. The van der Waals surface area contributed by atoms with Gasteiger partial charge in [0, 0.05) is 0 Å². The lowest BCUT2D eigenvalue weighted by Gasteiger charge is -2.11. The minimum absolute atomic E-state index is 0.269. The van der Waals surface area contributed by atoms with Crippen LogP contribution in [-0.4, -0.2) is 15.0 Å². The zero-order valence-corrected chi connectivity index (χ0v) is 10.8. The molecular formula is C3H10ClN9O2P2. The van der Waals surface area contributed by atoms with Crippen molar-refractivity contribution in [2.24, 2.45) is 22.0 Å². The van der Waals surface area contributed by atoms with Crippen LogP contribution in [0.2, 0.25) is 5.28 Å². The second kappa shape index (κ2) is 4.83. The van der Waals surface area contributed by atoms with E-state index in [1.165, 1.54) is 0 Å². The predicted molar refractivity (Wildman–Crippen MR) is 64.0 cm³/mol. The van der Waals surface area contributed by atoms with Gasteiger partial charge >= 0.3 is 0 Å². The monoisotopic (exact) mass is 301 g/mol. The van der Waals surface area contributed by atoms with Crippen molar-refractivity contribution in [2.45, 2.75) is 0 Å². The Morgan fingerprint density at radius 3 is 1.53 bits per heavy atom. The van der Waals surface area contributed by atoms with Crippen molar-refractivity contribution in [3.8, 4) is 0 Å². The fourth-order valence-corrected chi connectivity index (χ4v) is 1.75. The summed E-state index contributed by atoms with van der Waals surface area (Å²) in [5.74, 6) is -0.538. The Labute approximate surface area is 101 Å². The van der Waals surface area contributed by atoms with Crippen LogP contribution in [0.25, 0.3) is 0 Å². The molecule has 17 heavy (non-hydrogen) atoms. The van der Waals surface area contributed by atoms with Crippen molar-refractivity contribution in [3.63, 3.8) is 0 Å². The lowest BCUT2D eigenvalue weighted by molar-refractivity contribution is 0.579. The van der Waals surface area contributed by atoms with Crippen molar-refractivity contribution in [2.75, 3.05) is 10.2 Å². The summed E-state index contributed by atoms with van der Waals surface area (Å²) in [5, 5.41) is 3.92. The largest absolute Gasteiger partial charge is 0.300 e. The quantitative estimate of drug-likeness (QED) is 0.387. The number of hydrogen-bond acceptors (Lipinski definition) is 5. The van der Waals surface area contributed by atoms with Crippen LogP contribution >= 0.6 is 26.8 Å². The van der Waals surface area contributed by atoms with E-state index >= 15 is 0 Å². The van der Waals surface area contributed by atoms with Gasteiger partial charge in [0.2, 0.25) is 17.2 Å². The molecule has 0 radical (unpaired) electrons. The van der Waals surface area contributed by atoms with Crippen LogP contribution in [0.1, 0.15) is 0 Å². The van der Waals surface area contributed by atoms with Gasteiger partial charge in [-0.2, -0.15) is 15.0 Å². The Hall–Kier alpha value is -0.800. The Kier molecular flexibility index (Phi) is 4.05. The lowest BCUT2D eigenvalue weighted by Crippen LogP contribution is -2.18. The maximum absolute atomic E-state index is 11.1. The van der Waals surface area contributed by atoms with Crippen LogP contribution in [0.3, 0.4) is 0 Å². The van der Waals surface area contributed by atoms with E-state index in [4.69, 9.17) is 33.6 Å². The average Bonchev–Trinajstić information content (AvgIpc) is 1.93. The molecule has 0 fully saturated rings. The third-order valence-corrected chi connectivity index (χ3v) is 2.43. The van der Waals surface area contributed by atoms with Gasteiger partial charge in [-0.15, -0.1) is 0 Å². The van der Waals surface area contributed by atoms with E-state index in [0.717, 1.165) is 0 Å². The van der Waals surface area contributed by atoms with Gasteiger partial charge in [0.05, 0.1) is 0 Å². The van der Waals surface area contributed by atoms with Crippen molar-refractivity contribution < 1.29 is 9.13 Å². The van der Waals surface area contributed by atoms with Crippen LogP contribution in [0.5, 0.6) is 0 Å². The first-order valence-corrected chi connectivity index (χ1v) is 7.94. The molecule has 0 aliphatic heterocycles. The van der Waals surface area contributed by atoms with E-state index in [2.05, 4.69) is 25.1 Å². The van der Waals surface area contributed by atoms with Crippen LogP contribution < -0.4 is 32.2 Å². The molecule has 10 N–H and O–H groups in total. The summed E-state index contributed by atoms with van der Waals surface area (Å²) in [6, 6.07) is 0. The van der Waals surface area contributed by atoms with Gasteiger partial charge in [-0.25, -0.2) is 0 Å². The second-order valence-corrected chi connectivity index (χ2v) is 6.52. The highest BCUT2D eigenvalue weighted by atomic mass is 35.5. The molecular weight excluding hydrogens is 291 g/mol. The molecule has 0 aliphatic rings. The summed E-state index contributed by atoms with van der Waals surface area (Å²) in [6.45, 7) is 0. The molecule has 1 aromatic heterocycles. The molecule has 0 unspecified atom stereocenters. The molecule has 0 amide bonds. The van der Waals surface area contributed by atoms with E-state index in [1.54, 1.807) is 0 Å². The molecule has 1 heterocycles. The molecule has 1 aromatic rings. The van der Waals surface area contributed by atoms with E-state index in [0.29, 0.717) is 0 Å². The molecule has 0 spiro atoms. The van der Waals surface area contributed by atoms with Crippen LogP contribution in [0.4, 0.5) is 11.9 Å². The Balaban J connectivity index is 3.03. The average molecular weight is 302 g/mol. The Morgan fingerprint density at radius 1 is 0.882 bits per heavy atom. The number of nitrogens with zero attached hydrogens (tertiary/aromatic N) is 3. The first kappa shape index (κ1) is 14.3. The summed E-state index contributed by atoms with van der Waals surface area (Å²) in [5.41, 5.74) is 20.2. The van der Waals surface area contributed by atoms with Gasteiger partial charge in [0.25, 0.3) is 15.2 Å². The lowest BCUT2D eigenvalue weighted by atomic mass is 10.9. The first-order valence-electron chi connectivity index (χ1n) is 3.88. The number of nitrogens with two attached hydrogens (primary N) is 4. The van der Waals surface area contributed by atoms with E-state index in [9.17, 15) is 9.13 Å². The summed E-state index contributed by atoms with van der Waals surface area (Å²) >= 11 is 5.52. The third-order valence-electron chi connectivity index (χ3n) is 1.16. The zero-order valence-electron chi connectivity index (χ0n) is 8.24. The highest BCUT2D eigenvalue weighted by molar-refractivity contribution is 7.60. The topological polar surface area (TPSA) is 201 Å². The fourth-order valence-electron chi connectivity index (χ4n) is 0.763. The highest BCUT2D eigenvalue weighted by Gasteiger charge is 2.15. The molecule has 1 rings (SSSR count). The standard InChI is InChI=1S/C3H10ClN9O2P2/c4-1-9-2(12-16(5,6)14)11-3(10-1)13-17(7,8)15/h(H10,5,6,7,8,9,10,11,12,13,14,15). The maximum atomic E-state index is 11.1. The molecule has 0 saturated carbocycles. The smallest absolute Gasteiger partial charge is 0.281 e. The van der Waals surface area contributed by atoms with Crippen molar-refractivity contribution >= 4 is 38.7 Å². The minimum atomic E-state index is -3.60. The Bertz CT molecular complexity index is 467. The fraction of sp³-hybridized carbons (Fsp3) is 0. The molecule has 96 valence electrons. The Morgan fingerprint density at radius 2 is 1.24 bits per heavy atom. The molecule has 0 bridgehead atoms. The number of hydrogen-bond donors (Lipinski definition) is 6. The molecule has 0 atom stereocenters. The normalized spacial score (nSPS) is 12.3. The van der Waals surface area contributed by atoms with Gasteiger partial charge in [-0.3, -0.25) is 41.3 Å². The number of halogens is 1. The van der Waals surface area contributed by atoms with E-state index in [-0.39, 0.29) is 17.2 Å². The summed E-state index contributed by atoms with van der Waals surface area (Å²) < 4.78 is 22.1. The second-order valence-electron chi connectivity index (χ2n) is 2.89. The van der Waals surface area contributed by atoms with E-state index in [1.807, 2.05) is 0 Å².